The summed E-state index contributed by atoms with van der Waals surface area (Å²) in [6, 6.07) is 15.9. The van der Waals surface area contributed by atoms with Gasteiger partial charge in [-0.25, -0.2) is 9.59 Å². The second kappa shape index (κ2) is 13.2. The maximum absolute atomic E-state index is 13.6. The van der Waals surface area contributed by atoms with E-state index in [0.717, 1.165) is 32.7 Å². The zero-order valence-corrected chi connectivity index (χ0v) is 26.7. The fourth-order valence-electron chi connectivity index (χ4n) is 8.04. The number of hydrogen-bond acceptors (Lipinski definition) is 6. The van der Waals surface area contributed by atoms with Crippen LogP contribution in [-0.4, -0.2) is 88.1 Å². The lowest BCUT2D eigenvalue weighted by Crippen LogP contribution is -2.58. The summed E-state index contributed by atoms with van der Waals surface area (Å²) in [5.74, 6) is -2.83. The summed E-state index contributed by atoms with van der Waals surface area (Å²) in [4.78, 5) is 45.6. The molecule has 45 heavy (non-hydrogen) atoms. The third-order valence-corrected chi connectivity index (χ3v) is 10.6. The number of allylic oxidation sites excluding steroid dienone is 1. The number of benzene rings is 2. The van der Waals surface area contributed by atoms with Gasteiger partial charge < -0.3 is 20.4 Å². The summed E-state index contributed by atoms with van der Waals surface area (Å²) in [6.07, 6.45) is 2.27. The molecule has 3 aliphatic heterocycles. The molecule has 0 radical (unpaired) electrons. The topological polar surface area (TPSA) is 113 Å². The monoisotopic (exact) mass is 652 g/mol. The van der Waals surface area contributed by atoms with Gasteiger partial charge in [0.1, 0.15) is 0 Å². The molecule has 3 heterocycles. The summed E-state index contributed by atoms with van der Waals surface area (Å²) >= 11 is 12.9. The van der Waals surface area contributed by atoms with Crippen LogP contribution in [0.15, 0.2) is 71.1 Å². The fraction of sp³-hybridized carbons (Fsp3) is 0.441. The van der Waals surface area contributed by atoms with E-state index >= 15 is 0 Å². The van der Waals surface area contributed by atoms with Crippen molar-refractivity contribution in [2.45, 2.75) is 44.7 Å². The SMILES string of the molecule is CC1=C(C(=O)O)C(c2c(Cl)cccc2Cl)C(C(=O)O)=C(CC(=O)N2CCN(C3C4CCC3CN(Cc3ccccc3)C4)CC2)N1. The molecule has 1 aliphatic carbocycles. The largest absolute Gasteiger partial charge is 0.478 e. The quantitative estimate of drug-likeness (QED) is 0.372. The van der Waals surface area contributed by atoms with Crippen LogP contribution in [-0.2, 0) is 20.9 Å². The van der Waals surface area contributed by atoms with E-state index in [1.165, 1.54) is 18.4 Å². The van der Waals surface area contributed by atoms with Crippen LogP contribution in [0.2, 0.25) is 10.0 Å². The molecule has 3 fully saturated rings. The van der Waals surface area contributed by atoms with E-state index in [9.17, 15) is 24.6 Å². The number of aliphatic carboxylic acids is 2. The number of piperidine rings is 1. The van der Waals surface area contributed by atoms with Crippen LogP contribution in [0.3, 0.4) is 0 Å². The van der Waals surface area contributed by atoms with Crippen LogP contribution in [0.4, 0.5) is 0 Å². The van der Waals surface area contributed by atoms with Crippen LogP contribution in [0, 0.1) is 11.8 Å². The van der Waals surface area contributed by atoms with Crippen molar-refractivity contribution in [2.24, 2.45) is 11.8 Å². The van der Waals surface area contributed by atoms with E-state index in [1.807, 2.05) is 0 Å². The van der Waals surface area contributed by atoms with Gasteiger partial charge in [-0.15, -0.1) is 0 Å². The highest BCUT2D eigenvalue weighted by atomic mass is 35.5. The van der Waals surface area contributed by atoms with Crippen LogP contribution in [0.25, 0.3) is 0 Å². The first kappa shape index (κ1) is 31.6. The van der Waals surface area contributed by atoms with E-state index in [4.69, 9.17) is 23.2 Å². The molecule has 2 aromatic carbocycles. The number of rotatable bonds is 8. The van der Waals surface area contributed by atoms with Gasteiger partial charge in [0.15, 0.2) is 0 Å². The minimum absolute atomic E-state index is 0.154. The average Bonchev–Trinajstić information content (AvgIpc) is 3.26. The van der Waals surface area contributed by atoms with Crippen LogP contribution in [0.5, 0.6) is 0 Å². The summed E-state index contributed by atoms with van der Waals surface area (Å²) in [5, 5.41) is 23.6. The Morgan fingerprint density at radius 3 is 2.02 bits per heavy atom. The van der Waals surface area contributed by atoms with Gasteiger partial charge in [-0.2, -0.15) is 0 Å². The number of amides is 1. The summed E-state index contributed by atoms with van der Waals surface area (Å²) in [5.41, 5.74) is 1.54. The van der Waals surface area contributed by atoms with E-state index in [2.05, 4.69) is 45.4 Å². The number of nitrogens with zero attached hydrogens (tertiary/aromatic N) is 3. The maximum Gasteiger partial charge on any atom is 0.334 e. The molecule has 1 amide bonds. The lowest BCUT2D eigenvalue weighted by Gasteiger charge is -2.46. The smallest absolute Gasteiger partial charge is 0.334 e. The normalized spacial score (nSPS) is 25.8. The number of carbonyl (C=O) groups is 3. The first-order chi connectivity index (χ1) is 21.6. The van der Waals surface area contributed by atoms with Gasteiger partial charge in [-0.3, -0.25) is 14.6 Å². The molecule has 2 saturated heterocycles. The van der Waals surface area contributed by atoms with Crippen molar-refractivity contribution >= 4 is 41.0 Å². The van der Waals surface area contributed by atoms with Gasteiger partial charge in [-0.05, 0) is 49.3 Å². The van der Waals surface area contributed by atoms with E-state index < -0.39 is 17.9 Å². The molecule has 11 heteroatoms. The third-order valence-electron chi connectivity index (χ3n) is 9.92. The number of piperazine rings is 1. The second-order valence-electron chi connectivity index (χ2n) is 12.6. The van der Waals surface area contributed by atoms with Crippen molar-refractivity contribution in [1.82, 2.24) is 20.0 Å². The Morgan fingerprint density at radius 1 is 0.844 bits per heavy atom. The van der Waals surface area contributed by atoms with Crippen LogP contribution in [0.1, 0.15) is 43.2 Å². The molecule has 4 aliphatic rings. The molecule has 2 bridgehead atoms. The Kier molecular flexibility index (Phi) is 9.24. The molecular weight excluding hydrogens is 615 g/mol. The summed E-state index contributed by atoms with van der Waals surface area (Å²) in [6.45, 7) is 7.41. The third kappa shape index (κ3) is 6.36. The number of likely N-dealkylation sites (tertiary alicyclic amines) is 1. The highest BCUT2D eigenvalue weighted by Gasteiger charge is 2.46. The molecule has 1 saturated carbocycles. The number of halogens is 2. The maximum atomic E-state index is 13.6. The Bertz CT molecular complexity index is 1520. The molecule has 0 aromatic heterocycles. The first-order valence-corrected chi connectivity index (χ1v) is 16.3. The zero-order valence-electron chi connectivity index (χ0n) is 25.2. The Labute approximate surface area is 273 Å². The number of nitrogens with one attached hydrogen (secondary N) is 1. The Balaban J connectivity index is 1.14. The number of carbonyl (C=O) groups excluding carboxylic acids is 1. The lowest BCUT2D eigenvalue weighted by molar-refractivity contribution is -0.133. The minimum Gasteiger partial charge on any atom is -0.478 e. The van der Waals surface area contributed by atoms with Gasteiger partial charge in [0.25, 0.3) is 0 Å². The van der Waals surface area contributed by atoms with E-state index in [0.29, 0.717) is 31.0 Å². The number of carboxylic acids is 2. The predicted octanol–water partition coefficient (Wildman–Crippen LogP) is 4.82. The fourth-order valence-corrected chi connectivity index (χ4v) is 8.65. The molecule has 0 spiro atoms. The first-order valence-electron chi connectivity index (χ1n) is 15.5. The number of hydrogen-bond donors (Lipinski definition) is 3. The second-order valence-corrected chi connectivity index (χ2v) is 13.4. The average molecular weight is 654 g/mol. The van der Waals surface area contributed by atoms with Gasteiger partial charge in [0, 0.05) is 78.9 Å². The molecule has 2 aromatic rings. The standard InChI is InChI=1S/C34H38Cl2N4O5/c1-20-28(33(42)43)31(29-24(35)8-5-9-25(29)36)30(34(44)45)26(37-20)16-27(41)39-12-14-40(15-13-39)32-22-10-11-23(32)19-38(18-22)17-21-6-3-2-4-7-21/h2-9,22-23,31-32,37H,10-19H2,1H3,(H,42,43)(H,44,45). The Hall–Kier alpha value is -3.37. The van der Waals surface area contributed by atoms with Gasteiger partial charge in [0.05, 0.1) is 23.5 Å². The molecule has 9 nitrogen and oxygen atoms in total. The summed E-state index contributed by atoms with van der Waals surface area (Å²) < 4.78 is 0. The van der Waals surface area contributed by atoms with Crippen molar-refractivity contribution in [3.8, 4) is 0 Å². The molecule has 238 valence electrons. The van der Waals surface area contributed by atoms with Gasteiger partial charge in [0.2, 0.25) is 5.91 Å². The highest BCUT2D eigenvalue weighted by molar-refractivity contribution is 6.36. The van der Waals surface area contributed by atoms with Crippen molar-refractivity contribution in [1.29, 1.82) is 0 Å². The van der Waals surface area contributed by atoms with Crippen LogP contribution < -0.4 is 5.32 Å². The molecule has 3 unspecified atom stereocenters. The van der Waals surface area contributed by atoms with Crippen molar-refractivity contribution in [3.63, 3.8) is 0 Å². The summed E-state index contributed by atoms with van der Waals surface area (Å²) in [7, 11) is 0. The zero-order chi connectivity index (χ0) is 31.8. The molecular formula is C34H38Cl2N4O5. The lowest BCUT2D eigenvalue weighted by atomic mass is 9.79. The molecule has 6 rings (SSSR count). The molecule has 3 atom stereocenters. The number of fused-ring (bicyclic) bond motifs is 2. The van der Waals surface area contributed by atoms with E-state index in [-0.39, 0.29) is 50.5 Å². The van der Waals surface area contributed by atoms with Crippen molar-refractivity contribution in [2.75, 3.05) is 39.3 Å². The number of dihydropyridines is 1. The van der Waals surface area contributed by atoms with Gasteiger partial charge >= 0.3 is 11.9 Å². The van der Waals surface area contributed by atoms with Gasteiger partial charge in [-0.1, -0.05) is 59.6 Å². The Morgan fingerprint density at radius 2 is 1.44 bits per heavy atom. The van der Waals surface area contributed by atoms with E-state index in [1.54, 1.807) is 30.0 Å². The predicted molar refractivity (Wildman–Crippen MR) is 172 cm³/mol. The van der Waals surface area contributed by atoms with Crippen molar-refractivity contribution < 1.29 is 24.6 Å². The minimum atomic E-state index is -1.34. The molecule has 3 N–H and O–H groups in total. The van der Waals surface area contributed by atoms with Crippen LogP contribution >= 0.6 is 23.2 Å². The highest BCUT2D eigenvalue weighted by Crippen LogP contribution is 2.45. The number of carboxylic acid groups (broad SMARTS) is 2. The van der Waals surface area contributed by atoms with Crippen molar-refractivity contribution in [3.05, 3.63) is 92.2 Å².